The molecule has 0 spiro atoms. The van der Waals surface area contributed by atoms with Crippen molar-refractivity contribution >= 4 is 0 Å². The molecule has 72 valence electrons. The molecular weight excluding hydrogens is 150 g/mol. The van der Waals surface area contributed by atoms with Crippen LogP contribution in [0, 0.1) is 5.92 Å². The van der Waals surface area contributed by atoms with Crippen molar-refractivity contribution in [2.45, 2.75) is 20.0 Å². The molecule has 2 unspecified atom stereocenters. The molecule has 0 aromatic rings. The predicted octanol–water partition coefficient (Wildman–Crippen LogP) is 0.810. The van der Waals surface area contributed by atoms with Gasteiger partial charge in [-0.1, -0.05) is 19.9 Å². The van der Waals surface area contributed by atoms with Gasteiger partial charge in [0.2, 0.25) is 0 Å². The smallest absolute Gasteiger partial charge is 0.0790 e. The molecule has 3 heteroatoms. The molecule has 0 aliphatic carbocycles. The molecule has 0 aromatic heterocycles. The first-order chi connectivity index (χ1) is 5.67. The van der Waals surface area contributed by atoms with Crippen LogP contribution in [0.5, 0.6) is 0 Å². The standard InChI is InChI=1S/C9H21N3/c1-6-8(3)9(11-7-2)12(5)10-4/h6,8-11H,1,7H2,2-5H3. The zero-order chi connectivity index (χ0) is 9.56. The van der Waals surface area contributed by atoms with Crippen molar-refractivity contribution in [3.05, 3.63) is 12.7 Å². The summed E-state index contributed by atoms with van der Waals surface area (Å²) in [6, 6.07) is 0. The molecule has 2 N–H and O–H groups in total. The lowest BCUT2D eigenvalue weighted by Gasteiger charge is -2.31. The summed E-state index contributed by atoms with van der Waals surface area (Å²) in [5.74, 6) is 0.433. The molecule has 12 heavy (non-hydrogen) atoms. The Balaban J connectivity index is 4.10. The van der Waals surface area contributed by atoms with Crippen molar-refractivity contribution in [2.24, 2.45) is 5.92 Å². The highest BCUT2D eigenvalue weighted by atomic mass is 15.5. The van der Waals surface area contributed by atoms with E-state index >= 15 is 0 Å². The maximum Gasteiger partial charge on any atom is 0.0790 e. The summed E-state index contributed by atoms with van der Waals surface area (Å²) in [7, 11) is 3.94. The van der Waals surface area contributed by atoms with Crippen molar-refractivity contribution in [3.63, 3.8) is 0 Å². The number of hydrogen-bond donors (Lipinski definition) is 2. The van der Waals surface area contributed by atoms with Gasteiger partial charge in [0.05, 0.1) is 6.17 Å². The van der Waals surface area contributed by atoms with Crippen LogP contribution in [0.3, 0.4) is 0 Å². The third-order valence-corrected chi connectivity index (χ3v) is 2.05. The number of hydrogen-bond acceptors (Lipinski definition) is 3. The molecule has 0 heterocycles. The molecule has 0 radical (unpaired) electrons. The van der Waals surface area contributed by atoms with Gasteiger partial charge in [0.25, 0.3) is 0 Å². The van der Waals surface area contributed by atoms with Crippen molar-refractivity contribution in [1.29, 1.82) is 0 Å². The molecular formula is C9H21N3. The highest BCUT2D eigenvalue weighted by Gasteiger charge is 2.16. The van der Waals surface area contributed by atoms with Crippen LogP contribution in [0.1, 0.15) is 13.8 Å². The lowest BCUT2D eigenvalue weighted by atomic mass is 10.1. The van der Waals surface area contributed by atoms with Crippen LogP contribution in [0.25, 0.3) is 0 Å². The molecule has 0 bridgehead atoms. The van der Waals surface area contributed by atoms with Crippen molar-refractivity contribution in [1.82, 2.24) is 15.8 Å². The van der Waals surface area contributed by atoms with Crippen LogP contribution in [0.15, 0.2) is 12.7 Å². The first kappa shape index (κ1) is 11.6. The molecule has 0 aliphatic heterocycles. The number of rotatable bonds is 6. The lowest BCUT2D eigenvalue weighted by Crippen LogP contribution is -2.52. The van der Waals surface area contributed by atoms with E-state index in [1.807, 2.05) is 20.2 Å². The Kier molecular flexibility index (Phi) is 5.98. The normalized spacial score (nSPS) is 16.1. The second kappa shape index (κ2) is 6.17. The number of nitrogens with zero attached hydrogens (tertiary/aromatic N) is 1. The predicted molar refractivity (Wildman–Crippen MR) is 53.6 cm³/mol. The Bertz CT molecular complexity index is 125. The van der Waals surface area contributed by atoms with Gasteiger partial charge in [0.1, 0.15) is 0 Å². The highest BCUT2D eigenvalue weighted by Crippen LogP contribution is 2.05. The van der Waals surface area contributed by atoms with E-state index in [-0.39, 0.29) is 0 Å². The second-order valence-corrected chi connectivity index (χ2v) is 2.93. The van der Waals surface area contributed by atoms with E-state index in [0.717, 1.165) is 6.54 Å². The van der Waals surface area contributed by atoms with Crippen LogP contribution in [-0.2, 0) is 0 Å². The third kappa shape index (κ3) is 3.34. The minimum atomic E-state index is 0.317. The maximum absolute atomic E-state index is 3.79. The van der Waals surface area contributed by atoms with E-state index in [1.165, 1.54) is 0 Å². The topological polar surface area (TPSA) is 27.3 Å². The van der Waals surface area contributed by atoms with Crippen LogP contribution in [0.2, 0.25) is 0 Å². The second-order valence-electron chi connectivity index (χ2n) is 2.93. The number of hydrazine groups is 1. The molecule has 0 saturated carbocycles. The van der Waals surface area contributed by atoms with E-state index < -0.39 is 0 Å². The molecule has 0 fully saturated rings. The molecule has 0 amide bonds. The van der Waals surface area contributed by atoms with Gasteiger partial charge in [0.15, 0.2) is 0 Å². The number of nitrogens with one attached hydrogen (secondary N) is 2. The fourth-order valence-electron chi connectivity index (χ4n) is 1.15. The maximum atomic E-state index is 3.79. The van der Waals surface area contributed by atoms with Crippen molar-refractivity contribution in [3.8, 4) is 0 Å². The average molecular weight is 171 g/mol. The van der Waals surface area contributed by atoms with Gasteiger partial charge in [-0.05, 0) is 13.6 Å². The molecule has 2 atom stereocenters. The zero-order valence-electron chi connectivity index (χ0n) is 8.59. The van der Waals surface area contributed by atoms with Gasteiger partial charge >= 0.3 is 0 Å². The molecule has 0 saturated heterocycles. The van der Waals surface area contributed by atoms with Crippen molar-refractivity contribution in [2.75, 3.05) is 20.6 Å². The van der Waals surface area contributed by atoms with Crippen LogP contribution < -0.4 is 10.7 Å². The summed E-state index contributed by atoms with van der Waals surface area (Å²) in [5.41, 5.74) is 3.09. The minimum Gasteiger partial charge on any atom is -0.301 e. The first-order valence-electron chi connectivity index (χ1n) is 4.43. The van der Waals surface area contributed by atoms with E-state index in [9.17, 15) is 0 Å². The van der Waals surface area contributed by atoms with Gasteiger partial charge in [-0.2, -0.15) is 0 Å². The summed E-state index contributed by atoms with van der Waals surface area (Å²) >= 11 is 0. The van der Waals surface area contributed by atoms with Crippen LogP contribution in [-0.4, -0.2) is 31.8 Å². The molecule has 0 aromatic carbocycles. The van der Waals surface area contributed by atoms with Gasteiger partial charge < -0.3 is 5.32 Å². The Morgan fingerprint density at radius 2 is 2.17 bits per heavy atom. The largest absolute Gasteiger partial charge is 0.301 e. The minimum absolute atomic E-state index is 0.317. The summed E-state index contributed by atoms with van der Waals surface area (Å²) in [4.78, 5) is 0. The van der Waals surface area contributed by atoms with Gasteiger partial charge in [-0.25, -0.2) is 5.01 Å². The molecule has 3 nitrogen and oxygen atoms in total. The molecule has 0 aliphatic rings. The summed E-state index contributed by atoms with van der Waals surface area (Å²) in [5, 5.41) is 5.43. The zero-order valence-corrected chi connectivity index (χ0v) is 8.59. The monoisotopic (exact) mass is 171 g/mol. The molecule has 0 rings (SSSR count). The Morgan fingerprint density at radius 3 is 2.50 bits per heavy atom. The average Bonchev–Trinajstić information content (AvgIpc) is 2.11. The van der Waals surface area contributed by atoms with Gasteiger partial charge in [-0.3, -0.25) is 5.43 Å². The summed E-state index contributed by atoms with van der Waals surface area (Å²) in [6.07, 6.45) is 2.28. The fourth-order valence-corrected chi connectivity index (χ4v) is 1.15. The summed E-state index contributed by atoms with van der Waals surface area (Å²) < 4.78 is 0. The first-order valence-corrected chi connectivity index (χ1v) is 4.43. The highest BCUT2D eigenvalue weighted by molar-refractivity contribution is 4.83. The van der Waals surface area contributed by atoms with E-state index in [2.05, 4.69) is 36.2 Å². The van der Waals surface area contributed by atoms with Gasteiger partial charge in [-0.15, -0.1) is 6.58 Å². The Labute approximate surface area is 75.8 Å². The van der Waals surface area contributed by atoms with Gasteiger partial charge in [0, 0.05) is 13.0 Å². The lowest BCUT2D eigenvalue weighted by molar-refractivity contribution is 0.123. The van der Waals surface area contributed by atoms with E-state index in [4.69, 9.17) is 0 Å². The quantitative estimate of drug-likeness (QED) is 0.352. The summed E-state index contributed by atoms with van der Waals surface area (Å²) in [6.45, 7) is 9.00. The SMILES string of the molecule is C=CC(C)C(NCC)N(C)NC. The fraction of sp³-hybridized carbons (Fsp3) is 0.778. The van der Waals surface area contributed by atoms with E-state index in [0.29, 0.717) is 12.1 Å². The van der Waals surface area contributed by atoms with E-state index in [1.54, 1.807) is 0 Å². The van der Waals surface area contributed by atoms with Crippen molar-refractivity contribution < 1.29 is 0 Å². The van der Waals surface area contributed by atoms with Crippen LogP contribution >= 0.6 is 0 Å². The Morgan fingerprint density at radius 1 is 1.58 bits per heavy atom. The Hall–Kier alpha value is -0.380. The third-order valence-electron chi connectivity index (χ3n) is 2.05. The van der Waals surface area contributed by atoms with Crippen LogP contribution in [0.4, 0.5) is 0 Å².